The van der Waals surface area contributed by atoms with Crippen molar-refractivity contribution in [2.24, 2.45) is 0 Å². The van der Waals surface area contributed by atoms with Gasteiger partial charge in [-0.25, -0.2) is 4.98 Å². The van der Waals surface area contributed by atoms with Gasteiger partial charge in [0.2, 0.25) is 0 Å². The fraction of sp³-hybridized carbons (Fsp3) is 0.500. The third-order valence-electron chi connectivity index (χ3n) is 3.82. The topological polar surface area (TPSA) is 17.8 Å². The van der Waals surface area contributed by atoms with E-state index >= 15 is 0 Å². The number of rotatable bonds is 9. The molecule has 0 spiro atoms. The van der Waals surface area contributed by atoms with Crippen molar-refractivity contribution in [3.63, 3.8) is 0 Å². The highest BCUT2D eigenvalue weighted by molar-refractivity contribution is 14.1. The number of nitrogens with zero attached hydrogens (tertiary/aromatic N) is 2. The summed E-state index contributed by atoms with van der Waals surface area (Å²) in [5.41, 5.74) is 1.21. The van der Waals surface area contributed by atoms with E-state index in [1.54, 1.807) is 0 Å². The molecule has 0 saturated heterocycles. The highest BCUT2D eigenvalue weighted by atomic mass is 127. The Bertz CT molecular complexity index is 516. The summed E-state index contributed by atoms with van der Waals surface area (Å²) in [4.78, 5) is 4.52. The minimum atomic E-state index is 1.08. The smallest absolute Gasteiger partial charge is 0.139 e. The largest absolute Gasteiger partial charge is 0.331 e. The molecule has 0 radical (unpaired) electrons. The number of imidazole rings is 1. The molecule has 0 aliphatic heterocycles. The number of hydrogen-bond acceptors (Lipinski definition) is 1. The van der Waals surface area contributed by atoms with Gasteiger partial charge in [-0.2, -0.15) is 0 Å². The van der Waals surface area contributed by atoms with Gasteiger partial charge in [-0.1, -0.05) is 57.6 Å². The normalized spacial score (nSPS) is 11.0. The van der Waals surface area contributed by atoms with Gasteiger partial charge in [-0.05, 0) is 41.1 Å². The molecule has 1 heterocycles. The number of benzene rings is 1. The molecule has 0 aliphatic rings. The van der Waals surface area contributed by atoms with Crippen molar-refractivity contribution < 1.29 is 0 Å². The van der Waals surface area contributed by atoms with Crippen LogP contribution in [-0.4, -0.2) is 9.55 Å². The number of halogens is 1. The number of hydrogen-bond donors (Lipinski definition) is 0. The minimum absolute atomic E-state index is 1.08. The Kier molecular flexibility index (Phi) is 7.27. The third kappa shape index (κ3) is 5.46. The van der Waals surface area contributed by atoms with Crippen molar-refractivity contribution >= 4 is 22.6 Å². The SMILES string of the molecule is CCCCCCCCCn1ccnc1-c1ccc(I)cc1. The number of aryl methyl sites for hydroxylation is 1. The Morgan fingerprint density at radius 3 is 2.33 bits per heavy atom. The molecule has 1 aromatic heterocycles. The Morgan fingerprint density at radius 1 is 0.952 bits per heavy atom. The van der Waals surface area contributed by atoms with Crippen LogP contribution < -0.4 is 0 Å². The summed E-state index contributed by atoms with van der Waals surface area (Å²) in [5.74, 6) is 1.09. The molecule has 3 heteroatoms. The van der Waals surface area contributed by atoms with Crippen LogP contribution in [0.15, 0.2) is 36.7 Å². The Labute approximate surface area is 142 Å². The van der Waals surface area contributed by atoms with E-state index in [4.69, 9.17) is 0 Å². The second-order valence-corrected chi connectivity index (χ2v) is 6.82. The summed E-state index contributed by atoms with van der Waals surface area (Å²) >= 11 is 2.34. The van der Waals surface area contributed by atoms with E-state index in [1.165, 1.54) is 54.1 Å². The van der Waals surface area contributed by atoms with Gasteiger partial charge >= 0.3 is 0 Å². The average molecular weight is 396 g/mol. The van der Waals surface area contributed by atoms with E-state index in [9.17, 15) is 0 Å². The monoisotopic (exact) mass is 396 g/mol. The molecule has 21 heavy (non-hydrogen) atoms. The van der Waals surface area contributed by atoms with Crippen LogP contribution >= 0.6 is 22.6 Å². The first-order valence-corrected chi connectivity index (χ1v) is 9.16. The average Bonchev–Trinajstić information content (AvgIpc) is 2.95. The first-order valence-electron chi connectivity index (χ1n) is 8.08. The maximum atomic E-state index is 4.52. The molecule has 1 aromatic carbocycles. The standard InChI is InChI=1S/C18H25IN2/c1-2-3-4-5-6-7-8-14-21-15-13-20-18(21)16-9-11-17(19)12-10-16/h9-13,15H,2-8,14H2,1H3. The molecule has 0 bridgehead atoms. The van der Waals surface area contributed by atoms with E-state index in [0.29, 0.717) is 0 Å². The van der Waals surface area contributed by atoms with Crippen LogP contribution in [0.4, 0.5) is 0 Å². The summed E-state index contributed by atoms with van der Waals surface area (Å²) in [6, 6.07) is 8.60. The maximum Gasteiger partial charge on any atom is 0.139 e. The summed E-state index contributed by atoms with van der Waals surface area (Å²) < 4.78 is 3.55. The van der Waals surface area contributed by atoms with Gasteiger partial charge in [0.25, 0.3) is 0 Å². The highest BCUT2D eigenvalue weighted by Crippen LogP contribution is 2.19. The van der Waals surface area contributed by atoms with Crippen molar-refractivity contribution in [3.05, 3.63) is 40.2 Å². The molecule has 0 atom stereocenters. The summed E-state index contributed by atoms with van der Waals surface area (Å²) in [7, 11) is 0. The molecular formula is C18H25IN2. The van der Waals surface area contributed by atoms with Gasteiger partial charge in [0, 0.05) is 28.1 Å². The Balaban J connectivity index is 1.79. The highest BCUT2D eigenvalue weighted by Gasteiger charge is 2.05. The molecule has 2 aromatic rings. The molecule has 0 fully saturated rings. The van der Waals surface area contributed by atoms with Crippen molar-refractivity contribution in [3.8, 4) is 11.4 Å². The van der Waals surface area contributed by atoms with E-state index in [0.717, 1.165) is 12.4 Å². The van der Waals surface area contributed by atoms with Crippen LogP contribution in [-0.2, 0) is 6.54 Å². The molecular weight excluding hydrogens is 371 g/mol. The lowest BCUT2D eigenvalue weighted by Gasteiger charge is -2.08. The third-order valence-corrected chi connectivity index (χ3v) is 4.54. The zero-order valence-electron chi connectivity index (χ0n) is 12.9. The summed E-state index contributed by atoms with van der Waals surface area (Å²) in [5, 5.41) is 0. The van der Waals surface area contributed by atoms with Crippen molar-refractivity contribution in [1.82, 2.24) is 9.55 Å². The summed E-state index contributed by atoms with van der Waals surface area (Å²) in [6.07, 6.45) is 13.5. The van der Waals surface area contributed by atoms with Gasteiger partial charge in [0.15, 0.2) is 0 Å². The molecule has 0 aliphatic carbocycles. The lowest BCUT2D eigenvalue weighted by molar-refractivity contribution is 0.552. The first kappa shape index (κ1) is 16.5. The van der Waals surface area contributed by atoms with Gasteiger partial charge in [0.1, 0.15) is 5.82 Å². The van der Waals surface area contributed by atoms with Crippen molar-refractivity contribution in [1.29, 1.82) is 0 Å². The lowest BCUT2D eigenvalue weighted by atomic mass is 10.1. The summed E-state index contributed by atoms with van der Waals surface area (Å²) in [6.45, 7) is 3.35. The van der Waals surface area contributed by atoms with E-state index in [-0.39, 0.29) is 0 Å². The van der Waals surface area contributed by atoms with E-state index in [1.807, 2.05) is 6.20 Å². The van der Waals surface area contributed by atoms with Crippen LogP contribution in [0.3, 0.4) is 0 Å². The molecule has 0 amide bonds. The quantitative estimate of drug-likeness (QED) is 0.381. The van der Waals surface area contributed by atoms with Crippen LogP contribution in [0.25, 0.3) is 11.4 Å². The predicted molar refractivity (Wildman–Crippen MR) is 98.4 cm³/mol. The van der Waals surface area contributed by atoms with Crippen molar-refractivity contribution in [2.45, 2.75) is 58.4 Å². The van der Waals surface area contributed by atoms with Crippen LogP contribution in [0.2, 0.25) is 0 Å². The fourth-order valence-electron chi connectivity index (χ4n) is 2.59. The zero-order chi connectivity index (χ0) is 14.9. The van der Waals surface area contributed by atoms with Crippen LogP contribution in [0.5, 0.6) is 0 Å². The van der Waals surface area contributed by atoms with E-state index < -0.39 is 0 Å². The molecule has 0 N–H and O–H groups in total. The number of unbranched alkanes of at least 4 members (excludes halogenated alkanes) is 6. The van der Waals surface area contributed by atoms with Gasteiger partial charge in [-0.3, -0.25) is 0 Å². The lowest BCUT2D eigenvalue weighted by Crippen LogP contribution is -1.99. The van der Waals surface area contributed by atoms with Gasteiger partial charge in [-0.15, -0.1) is 0 Å². The molecule has 0 unspecified atom stereocenters. The Hall–Kier alpha value is -0.840. The van der Waals surface area contributed by atoms with E-state index in [2.05, 4.69) is 69.5 Å². The van der Waals surface area contributed by atoms with Gasteiger partial charge < -0.3 is 4.57 Å². The molecule has 114 valence electrons. The molecule has 2 nitrogen and oxygen atoms in total. The first-order chi connectivity index (χ1) is 10.3. The molecule has 2 rings (SSSR count). The fourth-order valence-corrected chi connectivity index (χ4v) is 2.95. The van der Waals surface area contributed by atoms with Gasteiger partial charge in [0.05, 0.1) is 0 Å². The Morgan fingerprint density at radius 2 is 1.62 bits per heavy atom. The maximum absolute atomic E-state index is 4.52. The molecule has 0 saturated carbocycles. The van der Waals surface area contributed by atoms with Crippen molar-refractivity contribution in [2.75, 3.05) is 0 Å². The predicted octanol–water partition coefficient (Wildman–Crippen LogP) is 5.91. The number of aromatic nitrogens is 2. The zero-order valence-corrected chi connectivity index (χ0v) is 15.1. The second-order valence-electron chi connectivity index (χ2n) is 5.57. The second kappa shape index (κ2) is 9.23. The van der Waals surface area contributed by atoms with Crippen LogP contribution in [0, 0.1) is 3.57 Å². The minimum Gasteiger partial charge on any atom is -0.331 e. The van der Waals surface area contributed by atoms with Crippen LogP contribution in [0.1, 0.15) is 51.9 Å².